The number of pyridine rings is 2. The summed E-state index contributed by atoms with van der Waals surface area (Å²) in [5.41, 5.74) is 1.18. The second-order valence-corrected chi connectivity index (χ2v) is 7.02. The SMILES string of the molecule is O=C(NCCO)c1cc[n+](CCCCCC[n+]2ccc(C(=O)NCCO)cc2)cc1.[I-].[I-]. The van der Waals surface area contributed by atoms with Gasteiger partial charge in [0.1, 0.15) is 13.1 Å². The normalized spacial score (nSPS) is 9.94. The lowest BCUT2D eigenvalue weighted by Crippen LogP contribution is -3.00. The average molecular weight is 670 g/mol. The van der Waals surface area contributed by atoms with Gasteiger partial charge in [0.05, 0.1) is 24.3 Å². The zero-order valence-corrected chi connectivity index (χ0v) is 22.4. The number of amides is 2. The third-order valence-corrected chi connectivity index (χ3v) is 4.68. The molecule has 0 saturated carbocycles. The minimum atomic E-state index is -0.174. The van der Waals surface area contributed by atoms with Gasteiger partial charge in [0.2, 0.25) is 0 Å². The maximum Gasteiger partial charge on any atom is 0.251 e. The molecule has 0 aliphatic rings. The van der Waals surface area contributed by atoms with E-state index in [4.69, 9.17) is 10.2 Å². The van der Waals surface area contributed by atoms with Crippen LogP contribution < -0.4 is 67.7 Å². The molecule has 10 heteroatoms. The maximum atomic E-state index is 11.8. The van der Waals surface area contributed by atoms with Crippen LogP contribution in [0.15, 0.2) is 49.1 Å². The molecule has 0 aromatic carbocycles. The largest absolute Gasteiger partial charge is 1.00 e. The first-order chi connectivity index (χ1) is 14.6. The monoisotopic (exact) mass is 670 g/mol. The Labute approximate surface area is 223 Å². The fourth-order valence-electron chi connectivity index (χ4n) is 3.00. The van der Waals surface area contributed by atoms with Crippen molar-refractivity contribution < 1.29 is 76.9 Å². The number of carbonyl (C=O) groups is 2. The lowest BCUT2D eigenvalue weighted by atomic mass is 10.2. The molecule has 0 radical (unpaired) electrons. The molecular formula is C22H32I2N4O4. The number of rotatable bonds is 13. The summed E-state index contributed by atoms with van der Waals surface area (Å²) in [5.74, 6) is -0.347. The molecule has 8 nitrogen and oxygen atoms in total. The number of hydrogen-bond acceptors (Lipinski definition) is 4. The number of nitrogens with one attached hydrogen (secondary N) is 2. The Balaban J connectivity index is 0.00000480. The molecule has 0 bridgehead atoms. The van der Waals surface area contributed by atoms with E-state index in [9.17, 15) is 9.59 Å². The van der Waals surface area contributed by atoms with Crippen LogP contribution in [0.2, 0.25) is 0 Å². The predicted octanol–water partition coefficient (Wildman–Crippen LogP) is -6.03. The van der Waals surface area contributed by atoms with Crippen molar-refractivity contribution in [2.75, 3.05) is 26.3 Å². The van der Waals surface area contributed by atoms with Crippen LogP contribution in [0.25, 0.3) is 0 Å². The van der Waals surface area contributed by atoms with E-state index in [1.807, 2.05) is 24.8 Å². The Hall–Kier alpha value is -1.38. The van der Waals surface area contributed by atoms with Gasteiger partial charge in [0.25, 0.3) is 11.8 Å². The lowest BCUT2D eigenvalue weighted by Gasteiger charge is -2.03. The Morgan fingerprint density at radius 3 is 1.31 bits per heavy atom. The van der Waals surface area contributed by atoms with Crippen LogP contribution in [0.3, 0.4) is 0 Å². The molecule has 32 heavy (non-hydrogen) atoms. The molecule has 0 atom stereocenters. The fourth-order valence-corrected chi connectivity index (χ4v) is 3.00. The Kier molecular flexibility index (Phi) is 17.3. The molecule has 0 unspecified atom stereocenters. The number of unbranched alkanes of at least 4 members (excludes halogenated alkanes) is 3. The number of aromatic nitrogens is 2. The molecule has 0 aliphatic carbocycles. The molecule has 2 aromatic heterocycles. The first-order valence-electron chi connectivity index (χ1n) is 10.4. The molecule has 2 aromatic rings. The Morgan fingerprint density at radius 1 is 0.656 bits per heavy atom. The van der Waals surface area contributed by atoms with Gasteiger partial charge in [-0.3, -0.25) is 9.59 Å². The third kappa shape index (κ3) is 11.5. The summed E-state index contributed by atoms with van der Waals surface area (Å²) in [4.78, 5) is 23.6. The van der Waals surface area contributed by atoms with Crippen molar-refractivity contribution in [1.82, 2.24) is 10.6 Å². The van der Waals surface area contributed by atoms with Crippen molar-refractivity contribution in [3.8, 4) is 0 Å². The first kappa shape index (κ1) is 30.6. The minimum absolute atomic E-state index is 0. The molecular weight excluding hydrogens is 638 g/mol. The van der Waals surface area contributed by atoms with Crippen molar-refractivity contribution in [3.05, 3.63) is 60.2 Å². The highest BCUT2D eigenvalue weighted by atomic mass is 127. The van der Waals surface area contributed by atoms with Gasteiger partial charge < -0.3 is 68.8 Å². The summed E-state index contributed by atoms with van der Waals surface area (Å²) in [6, 6.07) is 7.16. The highest BCUT2D eigenvalue weighted by Gasteiger charge is 2.09. The van der Waals surface area contributed by atoms with E-state index in [-0.39, 0.29) is 86.1 Å². The summed E-state index contributed by atoms with van der Waals surface area (Å²) in [5, 5.41) is 22.8. The van der Waals surface area contributed by atoms with Crippen molar-refractivity contribution in [2.24, 2.45) is 0 Å². The number of hydrogen-bond donors (Lipinski definition) is 4. The second-order valence-electron chi connectivity index (χ2n) is 7.02. The summed E-state index contributed by atoms with van der Waals surface area (Å²) in [6.45, 7) is 2.20. The summed E-state index contributed by atoms with van der Waals surface area (Å²) >= 11 is 0. The van der Waals surface area contributed by atoms with Crippen LogP contribution in [0.5, 0.6) is 0 Å². The van der Waals surface area contributed by atoms with E-state index >= 15 is 0 Å². The highest BCUT2D eigenvalue weighted by Crippen LogP contribution is 2.02. The summed E-state index contributed by atoms with van der Waals surface area (Å²) < 4.78 is 4.14. The van der Waals surface area contributed by atoms with Gasteiger partial charge in [0.15, 0.2) is 24.8 Å². The molecule has 2 rings (SSSR count). The topological polar surface area (TPSA) is 106 Å². The van der Waals surface area contributed by atoms with Gasteiger partial charge in [-0.25, -0.2) is 9.13 Å². The number of aliphatic hydroxyl groups excluding tert-OH is 2. The van der Waals surface area contributed by atoms with Crippen molar-refractivity contribution in [2.45, 2.75) is 38.8 Å². The van der Waals surface area contributed by atoms with Gasteiger partial charge in [-0.15, -0.1) is 0 Å². The van der Waals surface area contributed by atoms with Crippen LogP contribution in [0, 0.1) is 0 Å². The van der Waals surface area contributed by atoms with E-state index in [1.54, 1.807) is 24.3 Å². The number of aliphatic hydroxyl groups is 2. The van der Waals surface area contributed by atoms with E-state index in [0.717, 1.165) is 38.8 Å². The average Bonchev–Trinajstić information content (AvgIpc) is 2.78. The van der Waals surface area contributed by atoms with E-state index in [1.165, 1.54) is 0 Å². The van der Waals surface area contributed by atoms with E-state index in [2.05, 4.69) is 19.8 Å². The molecule has 0 spiro atoms. The van der Waals surface area contributed by atoms with Gasteiger partial charge >= 0.3 is 0 Å². The van der Waals surface area contributed by atoms with Crippen LogP contribution >= 0.6 is 0 Å². The van der Waals surface area contributed by atoms with Crippen LogP contribution in [0.4, 0.5) is 0 Å². The molecule has 0 aliphatic heterocycles. The van der Waals surface area contributed by atoms with Crippen LogP contribution in [-0.4, -0.2) is 48.3 Å². The number of halogens is 2. The van der Waals surface area contributed by atoms with Gasteiger partial charge in [-0.2, -0.15) is 0 Å². The maximum absolute atomic E-state index is 11.8. The highest BCUT2D eigenvalue weighted by molar-refractivity contribution is 5.94. The third-order valence-electron chi connectivity index (χ3n) is 4.68. The molecule has 178 valence electrons. The molecule has 2 amide bonds. The van der Waals surface area contributed by atoms with Crippen molar-refractivity contribution in [3.63, 3.8) is 0 Å². The Morgan fingerprint density at radius 2 is 1.00 bits per heavy atom. The number of aryl methyl sites for hydroxylation is 2. The van der Waals surface area contributed by atoms with Gasteiger partial charge in [-0.1, -0.05) is 0 Å². The number of nitrogens with zero attached hydrogens (tertiary/aromatic N) is 2. The quantitative estimate of drug-likeness (QED) is 0.0969. The van der Waals surface area contributed by atoms with E-state index in [0.29, 0.717) is 11.1 Å². The van der Waals surface area contributed by atoms with Gasteiger partial charge in [0, 0.05) is 50.2 Å². The van der Waals surface area contributed by atoms with Gasteiger partial charge in [-0.05, 0) is 12.8 Å². The lowest BCUT2D eigenvalue weighted by molar-refractivity contribution is -0.698. The second kappa shape index (κ2) is 18.1. The fraction of sp³-hybridized carbons (Fsp3) is 0.455. The molecule has 4 N–H and O–H groups in total. The van der Waals surface area contributed by atoms with Crippen molar-refractivity contribution in [1.29, 1.82) is 0 Å². The predicted molar refractivity (Wildman–Crippen MR) is 111 cm³/mol. The Bertz CT molecular complexity index is 722. The summed E-state index contributed by atoms with van der Waals surface area (Å²) in [6.07, 6.45) is 12.0. The first-order valence-corrected chi connectivity index (χ1v) is 10.4. The smallest absolute Gasteiger partial charge is 0.251 e. The van der Waals surface area contributed by atoms with E-state index < -0.39 is 0 Å². The number of carbonyl (C=O) groups excluding carboxylic acids is 2. The summed E-state index contributed by atoms with van der Waals surface area (Å²) in [7, 11) is 0. The standard InChI is InChI=1S/C22H30N4O4.2HI/c27-17-9-23-21(29)19-5-13-25(14-6-19)11-3-1-2-4-12-26-15-7-20(8-16-26)22(30)24-10-18-28;;/h5-8,13-16,27-28H,1-4,9-12,17-18H2;2*1H. The molecule has 0 fully saturated rings. The molecule has 2 heterocycles. The zero-order chi connectivity index (χ0) is 21.6. The van der Waals surface area contributed by atoms with Crippen molar-refractivity contribution >= 4 is 11.8 Å². The zero-order valence-electron chi connectivity index (χ0n) is 18.1. The minimum Gasteiger partial charge on any atom is -1.00 e. The van der Waals surface area contributed by atoms with Crippen LogP contribution in [0.1, 0.15) is 46.4 Å². The van der Waals surface area contributed by atoms with Crippen LogP contribution in [-0.2, 0) is 13.1 Å². The molecule has 0 saturated heterocycles.